The summed E-state index contributed by atoms with van der Waals surface area (Å²) in [5.74, 6) is 0.0258. The predicted octanol–water partition coefficient (Wildman–Crippen LogP) is 5.58. The predicted molar refractivity (Wildman–Crippen MR) is 102 cm³/mol. The first-order chi connectivity index (χ1) is 12.3. The molecule has 0 saturated heterocycles. The first-order valence-electron chi connectivity index (χ1n) is 8.26. The summed E-state index contributed by atoms with van der Waals surface area (Å²) < 4.78 is 0. The fourth-order valence-corrected chi connectivity index (χ4v) is 3.08. The Hall–Kier alpha value is -3.39. The summed E-state index contributed by atoms with van der Waals surface area (Å²) in [5.41, 5.74) is 5.39. The Balaban J connectivity index is 1.91. The van der Waals surface area contributed by atoms with Crippen molar-refractivity contribution in [3.63, 3.8) is 0 Å². The van der Waals surface area contributed by atoms with Crippen molar-refractivity contribution in [3.8, 4) is 22.4 Å². The maximum absolute atomic E-state index is 13.1. The molecule has 1 heterocycles. The van der Waals surface area contributed by atoms with Crippen LogP contribution in [0, 0.1) is 0 Å². The van der Waals surface area contributed by atoms with Crippen LogP contribution >= 0.6 is 0 Å². The molecular formula is C23H17NO. The molecule has 1 N–H and O–H groups in total. The largest absolute Gasteiger partial charge is 0.360 e. The Bertz CT molecular complexity index is 986. The van der Waals surface area contributed by atoms with Gasteiger partial charge in [0.05, 0.1) is 5.69 Å². The molecule has 0 aliphatic heterocycles. The van der Waals surface area contributed by atoms with Crippen molar-refractivity contribution in [1.82, 2.24) is 4.98 Å². The molecule has 120 valence electrons. The number of hydrogen-bond acceptors (Lipinski definition) is 1. The van der Waals surface area contributed by atoms with Crippen molar-refractivity contribution in [2.45, 2.75) is 0 Å². The van der Waals surface area contributed by atoms with Crippen LogP contribution in [0.15, 0.2) is 97.2 Å². The molecule has 1 aromatic heterocycles. The fraction of sp³-hybridized carbons (Fsp3) is 0. The lowest BCUT2D eigenvalue weighted by Gasteiger charge is -2.08. The number of aromatic nitrogens is 1. The quantitative estimate of drug-likeness (QED) is 0.489. The number of rotatable bonds is 4. The highest BCUT2D eigenvalue weighted by Gasteiger charge is 2.20. The van der Waals surface area contributed by atoms with Crippen LogP contribution in [0.4, 0.5) is 0 Å². The third-order valence-electron chi connectivity index (χ3n) is 4.29. The molecule has 0 radical (unpaired) electrons. The minimum Gasteiger partial charge on any atom is -0.360 e. The first kappa shape index (κ1) is 15.2. The van der Waals surface area contributed by atoms with Crippen LogP contribution in [0.25, 0.3) is 22.4 Å². The van der Waals surface area contributed by atoms with E-state index in [0.29, 0.717) is 11.1 Å². The van der Waals surface area contributed by atoms with Gasteiger partial charge in [0.15, 0.2) is 5.78 Å². The molecule has 0 bridgehead atoms. The molecule has 4 aromatic rings. The molecule has 2 nitrogen and oxygen atoms in total. The van der Waals surface area contributed by atoms with Crippen LogP contribution in [0.3, 0.4) is 0 Å². The summed E-state index contributed by atoms with van der Waals surface area (Å²) in [6, 6.07) is 29.6. The SMILES string of the molecule is O=C(c1ccccc1)c1c[nH]c(-c2ccccc2)c1-c1ccccc1. The second-order valence-corrected chi connectivity index (χ2v) is 5.88. The Labute approximate surface area is 146 Å². The lowest BCUT2D eigenvalue weighted by atomic mass is 9.94. The fourth-order valence-electron chi connectivity index (χ4n) is 3.08. The highest BCUT2D eigenvalue weighted by Crippen LogP contribution is 2.35. The summed E-state index contributed by atoms with van der Waals surface area (Å²) in [6.07, 6.45) is 1.82. The second-order valence-electron chi connectivity index (χ2n) is 5.88. The molecule has 0 amide bonds. The van der Waals surface area contributed by atoms with Gasteiger partial charge in [0.25, 0.3) is 0 Å². The zero-order chi connectivity index (χ0) is 17.1. The van der Waals surface area contributed by atoms with E-state index in [9.17, 15) is 4.79 Å². The van der Waals surface area contributed by atoms with Crippen LogP contribution in [0.1, 0.15) is 15.9 Å². The van der Waals surface area contributed by atoms with E-state index in [-0.39, 0.29) is 5.78 Å². The lowest BCUT2D eigenvalue weighted by Crippen LogP contribution is -2.01. The van der Waals surface area contributed by atoms with Crippen LogP contribution in [-0.2, 0) is 0 Å². The van der Waals surface area contributed by atoms with Crippen LogP contribution in [-0.4, -0.2) is 10.8 Å². The summed E-state index contributed by atoms with van der Waals surface area (Å²) in [4.78, 5) is 16.4. The molecule has 0 unspecified atom stereocenters. The topological polar surface area (TPSA) is 32.9 Å². The first-order valence-corrected chi connectivity index (χ1v) is 8.26. The molecule has 0 atom stereocenters. The molecule has 4 rings (SSSR count). The molecule has 2 heteroatoms. The van der Waals surface area contributed by atoms with Gasteiger partial charge in [0, 0.05) is 22.9 Å². The number of ketones is 1. The smallest absolute Gasteiger partial charge is 0.195 e. The van der Waals surface area contributed by atoms with Crippen molar-refractivity contribution in [2.24, 2.45) is 0 Å². The van der Waals surface area contributed by atoms with E-state index in [1.54, 1.807) is 0 Å². The van der Waals surface area contributed by atoms with Gasteiger partial charge in [-0.3, -0.25) is 4.79 Å². The summed E-state index contributed by atoms with van der Waals surface area (Å²) in [6.45, 7) is 0. The number of benzene rings is 3. The van der Waals surface area contributed by atoms with E-state index in [2.05, 4.69) is 17.1 Å². The van der Waals surface area contributed by atoms with Crippen molar-refractivity contribution < 1.29 is 4.79 Å². The zero-order valence-corrected chi connectivity index (χ0v) is 13.6. The van der Waals surface area contributed by atoms with Crippen LogP contribution < -0.4 is 0 Å². The van der Waals surface area contributed by atoms with Gasteiger partial charge in [-0.1, -0.05) is 91.0 Å². The molecule has 3 aromatic carbocycles. The van der Waals surface area contributed by atoms with Crippen molar-refractivity contribution in [3.05, 3.63) is 108 Å². The van der Waals surface area contributed by atoms with E-state index in [1.807, 2.05) is 85.1 Å². The average Bonchev–Trinajstić information content (AvgIpc) is 3.14. The van der Waals surface area contributed by atoms with Crippen molar-refractivity contribution in [2.75, 3.05) is 0 Å². The normalized spacial score (nSPS) is 10.6. The third-order valence-corrected chi connectivity index (χ3v) is 4.29. The lowest BCUT2D eigenvalue weighted by molar-refractivity contribution is 0.103. The maximum Gasteiger partial charge on any atom is 0.195 e. The third kappa shape index (κ3) is 2.90. The zero-order valence-electron chi connectivity index (χ0n) is 13.6. The molecular weight excluding hydrogens is 306 g/mol. The summed E-state index contributed by atoms with van der Waals surface area (Å²) in [5, 5.41) is 0. The van der Waals surface area contributed by atoms with E-state index in [0.717, 1.165) is 22.4 Å². The van der Waals surface area contributed by atoms with Gasteiger partial charge in [-0.15, -0.1) is 0 Å². The number of nitrogens with one attached hydrogen (secondary N) is 1. The van der Waals surface area contributed by atoms with E-state index in [4.69, 9.17) is 0 Å². The van der Waals surface area contributed by atoms with Crippen molar-refractivity contribution in [1.29, 1.82) is 0 Å². The van der Waals surface area contributed by atoms with Gasteiger partial charge < -0.3 is 4.98 Å². The Morgan fingerprint density at radius 3 is 1.76 bits per heavy atom. The number of aromatic amines is 1. The monoisotopic (exact) mass is 323 g/mol. The van der Waals surface area contributed by atoms with E-state index in [1.165, 1.54) is 0 Å². The van der Waals surface area contributed by atoms with E-state index >= 15 is 0 Å². The number of carbonyl (C=O) groups is 1. The highest BCUT2D eigenvalue weighted by molar-refractivity contribution is 6.14. The molecule has 25 heavy (non-hydrogen) atoms. The minimum absolute atomic E-state index is 0.0258. The van der Waals surface area contributed by atoms with E-state index < -0.39 is 0 Å². The molecule has 0 aliphatic rings. The molecule has 0 spiro atoms. The molecule has 0 aliphatic carbocycles. The minimum atomic E-state index is 0.0258. The molecule has 0 fully saturated rings. The number of H-pyrrole nitrogens is 1. The van der Waals surface area contributed by atoms with Gasteiger partial charge in [-0.05, 0) is 11.1 Å². The standard InChI is InChI=1S/C23H17NO/c25-23(19-14-8-3-9-15-19)20-16-24-22(18-12-6-2-7-13-18)21(20)17-10-4-1-5-11-17/h1-16,24H. The number of hydrogen-bond donors (Lipinski definition) is 1. The second kappa shape index (κ2) is 6.62. The summed E-state index contributed by atoms with van der Waals surface area (Å²) >= 11 is 0. The molecule has 0 saturated carbocycles. The van der Waals surface area contributed by atoms with Gasteiger partial charge >= 0.3 is 0 Å². The van der Waals surface area contributed by atoms with Crippen LogP contribution in [0.5, 0.6) is 0 Å². The van der Waals surface area contributed by atoms with Gasteiger partial charge in [0.2, 0.25) is 0 Å². The number of carbonyl (C=O) groups excluding carboxylic acids is 1. The van der Waals surface area contributed by atoms with Gasteiger partial charge in [0.1, 0.15) is 0 Å². The van der Waals surface area contributed by atoms with Crippen LogP contribution in [0.2, 0.25) is 0 Å². The van der Waals surface area contributed by atoms with Crippen molar-refractivity contribution >= 4 is 5.78 Å². The summed E-state index contributed by atoms with van der Waals surface area (Å²) in [7, 11) is 0. The van der Waals surface area contributed by atoms with Gasteiger partial charge in [-0.2, -0.15) is 0 Å². The average molecular weight is 323 g/mol. The van der Waals surface area contributed by atoms with Gasteiger partial charge in [-0.25, -0.2) is 0 Å². The Morgan fingerprint density at radius 1 is 0.640 bits per heavy atom. The Morgan fingerprint density at radius 2 is 1.16 bits per heavy atom. The Kier molecular flexibility index (Phi) is 4.01. The maximum atomic E-state index is 13.1. The highest BCUT2D eigenvalue weighted by atomic mass is 16.1.